The van der Waals surface area contributed by atoms with E-state index in [4.69, 9.17) is 9.97 Å². The third kappa shape index (κ3) is 11.5. The second-order valence-electron chi connectivity index (χ2n) is 15.8. The summed E-state index contributed by atoms with van der Waals surface area (Å²) in [4.78, 5) is 49.0. The number of benzene rings is 4. The number of hydrogen-bond acceptors (Lipinski definition) is 24. The van der Waals surface area contributed by atoms with Crippen molar-refractivity contribution in [1.29, 1.82) is 5.26 Å². The van der Waals surface area contributed by atoms with Crippen LogP contribution in [-0.2, 0) is 0 Å². The summed E-state index contributed by atoms with van der Waals surface area (Å²) in [6.07, 6.45) is 2.74. The number of hydrogen-bond donors (Lipinski definition) is 6. The first-order valence-electron chi connectivity index (χ1n) is 22.4. The number of nitro benzene ring substituents is 2. The molecule has 0 saturated heterocycles. The zero-order valence-corrected chi connectivity index (χ0v) is 40.2. The van der Waals surface area contributed by atoms with Gasteiger partial charge >= 0.3 is 0 Å². The van der Waals surface area contributed by atoms with Gasteiger partial charge in [0.2, 0.25) is 5.95 Å². The van der Waals surface area contributed by atoms with Crippen LogP contribution in [0.25, 0.3) is 21.6 Å². The average molecular weight is 1010 g/mol. The Kier molecular flexibility index (Phi) is 14.6. The summed E-state index contributed by atoms with van der Waals surface area (Å²) in [6.45, 7) is 5.31. The van der Waals surface area contributed by atoms with E-state index in [1.807, 2.05) is 55.5 Å². The molecular formula is C46H41N23O4S. The fourth-order valence-electron chi connectivity index (χ4n) is 7.07. The molecule has 28 heteroatoms. The molecule has 4 aromatic carbocycles. The number of non-ortho nitro benzene ring substituents is 2. The molecule has 5 aromatic heterocycles. The highest BCUT2D eigenvalue weighted by molar-refractivity contribution is 7.22. The number of fused-ring (bicyclic) bond motifs is 1. The van der Waals surface area contributed by atoms with Crippen LogP contribution in [0.1, 0.15) is 16.7 Å². The van der Waals surface area contributed by atoms with Crippen LogP contribution in [0, 0.1) is 45.4 Å². The molecule has 6 N–H and O–H groups in total. The van der Waals surface area contributed by atoms with Gasteiger partial charge in [-0.3, -0.25) is 25.5 Å². The summed E-state index contributed by atoms with van der Waals surface area (Å²) in [5.74, 6) is 1.47. The number of pyridine rings is 1. The quantitative estimate of drug-likeness (QED) is 0.0169. The molecule has 0 saturated carbocycles. The van der Waals surface area contributed by atoms with Gasteiger partial charge < -0.3 is 26.6 Å². The monoisotopic (exact) mass is 1010 g/mol. The van der Waals surface area contributed by atoms with E-state index >= 15 is 0 Å². The first-order valence-corrected chi connectivity index (χ1v) is 23.2. The van der Waals surface area contributed by atoms with Gasteiger partial charge in [0.15, 0.2) is 34.1 Å². The molecule has 9 rings (SSSR count). The summed E-state index contributed by atoms with van der Waals surface area (Å²) in [5, 5.41) is 79.3. The predicted octanol–water partition coefficient (Wildman–Crippen LogP) is 9.42. The Morgan fingerprint density at radius 3 is 1.85 bits per heavy atom. The molecule has 0 atom stereocenters. The van der Waals surface area contributed by atoms with E-state index < -0.39 is 9.85 Å². The Morgan fingerprint density at radius 1 is 0.662 bits per heavy atom. The molecule has 0 aliphatic carbocycles. The molecule has 0 amide bonds. The molecule has 0 bridgehead atoms. The summed E-state index contributed by atoms with van der Waals surface area (Å²) < 4.78 is 3.68. The van der Waals surface area contributed by atoms with Crippen molar-refractivity contribution in [1.82, 2.24) is 54.8 Å². The van der Waals surface area contributed by atoms with E-state index in [9.17, 15) is 25.5 Å². The Morgan fingerprint density at radius 2 is 1.26 bits per heavy atom. The fraction of sp³-hybridized carbons (Fsp3) is 0.152. The number of aromatic nitrogens is 10. The first-order chi connectivity index (χ1) is 36.0. The van der Waals surface area contributed by atoms with Crippen molar-refractivity contribution >= 4 is 96.2 Å². The summed E-state index contributed by atoms with van der Waals surface area (Å²) >= 11 is 1.45. The maximum Gasteiger partial charge on any atom is 0.287 e. The van der Waals surface area contributed by atoms with Crippen molar-refractivity contribution < 1.29 is 9.85 Å². The number of anilines is 7. The lowest BCUT2D eigenvalue weighted by atomic mass is 10.1. The molecule has 0 unspecified atom stereocenters. The highest BCUT2D eigenvalue weighted by Crippen LogP contribution is 2.37. The van der Waals surface area contributed by atoms with Crippen molar-refractivity contribution in [2.75, 3.05) is 59.8 Å². The second-order valence-corrected chi connectivity index (χ2v) is 16.8. The van der Waals surface area contributed by atoms with Crippen LogP contribution in [0.5, 0.6) is 0 Å². The normalized spacial score (nSPS) is 11.3. The van der Waals surface area contributed by atoms with E-state index in [0.29, 0.717) is 71.5 Å². The molecule has 0 aliphatic rings. The van der Waals surface area contributed by atoms with Gasteiger partial charge in [-0.05, 0) is 50.2 Å². The number of nitrogens with zero attached hydrogens (tertiary/aromatic N) is 17. The maximum atomic E-state index is 11.4. The van der Waals surface area contributed by atoms with Gasteiger partial charge in [0, 0.05) is 68.7 Å². The second kappa shape index (κ2) is 22.2. The van der Waals surface area contributed by atoms with Gasteiger partial charge in [-0.15, -0.1) is 30.7 Å². The van der Waals surface area contributed by atoms with Crippen LogP contribution in [0.2, 0.25) is 0 Å². The third-order valence-corrected chi connectivity index (χ3v) is 11.7. The van der Waals surface area contributed by atoms with Gasteiger partial charge in [0.25, 0.3) is 23.3 Å². The molecule has 370 valence electrons. The number of azo groups is 2. The van der Waals surface area contributed by atoms with Gasteiger partial charge in [0.1, 0.15) is 24.4 Å². The van der Waals surface area contributed by atoms with Crippen molar-refractivity contribution in [2.24, 2.45) is 20.5 Å². The molecule has 0 spiro atoms. The number of thiazole rings is 1. The summed E-state index contributed by atoms with van der Waals surface area (Å²) in [6, 6.07) is 29.5. The standard InChI is InChI=1S/C46H41N23O4S/c1-27-14-16-29(17-15-27)54-39-34(24-47)28(2)37(60-62-43-52-25-66(64-43)30-8-6-10-32(22-30)68(70)71)41(56-39)50-20-18-49-19-21-51-42-38(61-63-44-53-26-67(65-44)31-9-7-11-33(23-31)69(72)73)40(48-3)57-45(58-42)59-46-55-35-12-4-5-13-36(35)74-46/h4-17,22-23,25-26,49H,18-21H2,1-3H3,(H2,50,54,56)(H3,48,51,55,57,58,59). The highest BCUT2D eigenvalue weighted by Gasteiger charge is 2.20. The largest absolute Gasteiger partial charge is 0.371 e. The molecule has 0 fully saturated rings. The van der Waals surface area contributed by atoms with Gasteiger partial charge in [-0.25, -0.2) is 19.3 Å². The summed E-state index contributed by atoms with van der Waals surface area (Å²) in [5.41, 5.74) is 4.48. The van der Waals surface area contributed by atoms with E-state index in [0.717, 1.165) is 21.5 Å². The Bertz CT molecular complexity index is 3590. The van der Waals surface area contributed by atoms with Crippen LogP contribution in [0.3, 0.4) is 0 Å². The van der Waals surface area contributed by atoms with Crippen LogP contribution in [-0.4, -0.2) is 92.5 Å². The highest BCUT2D eigenvalue weighted by atomic mass is 32.1. The Hall–Kier alpha value is -10.3. The van der Waals surface area contributed by atoms with Crippen molar-refractivity contribution in [3.05, 3.63) is 147 Å². The molecule has 5 heterocycles. The Balaban J connectivity index is 0.912. The maximum absolute atomic E-state index is 11.4. The van der Waals surface area contributed by atoms with E-state index in [-0.39, 0.29) is 46.2 Å². The molecule has 9 aromatic rings. The predicted molar refractivity (Wildman–Crippen MR) is 277 cm³/mol. The topological polar surface area (TPSA) is 345 Å². The number of nitriles is 1. The van der Waals surface area contributed by atoms with Crippen LogP contribution < -0.4 is 31.9 Å². The number of nitrogens with one attached hydrogen (secondary N) is 6. The number of aryl methyl sites for hydroxylation is 1. The van der Waals surface area contributed by atoms with Crippen molar-refractivity contribution in [3.8, 4) is 17.4 Å². The average Bonchev–Trinajstić information content (AvgIpc) is 4.19. The minimum absolute atomic E-state index is 0.0180. The van der Waals surface area contributed by atoms with Gasteiger partial charge in [-0.2, -0.15) is 25.2 Å². The number of para-hydroxylation sites is 1. The van der Waals surface area contributed by atoms with Crippen molar-refractivity contribution in [2.45, 2.75) is 13.8 Å². The molecule has 0 aliphatic heterocycles. The lowest BCUT2D eigenvalue weighted by Gasteiger charge is -2.16. The lowest BCUT2D eigenvalue weighted by Crippen LogP contribution is -2.27. The third-order valence-electron chi connectivity index (χ3n) is 10.7. The molecular weight excluding hydrogens is 971 g/mol. The number of rotatable bonds is 21. The zero-order chi connectivity index (χ0) is 51.6. The van der Waals surface area contributed by atoms with E-state index in [1.54, 1.807) is 32.2 Å². The van der Waals surface area contributed by atoms with Crippen LogP contribution >= 0.6 is 11.3 Å². The molecule has 0 radical (unpaired) electrons. The first kappa shape index (κ1) is 48.7. The summed E-state index contributed by atoms with van der Waals surface area (Å²) in [7, 11) is 1.68. The minimum atomic E-state index is -0.501. The van der Waals surface area contributed by atoms with Gasteiger partial charge in [-0.1, -0.05) is 53.3 Å². The van der Waals surface area contributed by atoms with Crippen molar-refractivity contribution in [3.63, 3.8) is 0 Å². The smallest absolute Gasteiger partial charge is 0.287 e. The number of nitro groups is 2. The van der Waals surface area contributed by atoms with Gasteiger partial charge in [0.05, 0.1) is 37.0 Å². The lowest BCUT2D eigenvalue weighted by molar-refractivity contribution is -0.385. The Labute approximate surface area is 422 Å². The zero-order valence-electron chi connectivity index (χ0n) is 39.4. The fourth-order valence-corrected chi connectivity index (χ4v) is 7.92. The van der Waals surface area contributed by atoms with Crippen LogP contribution in [0.4, 0.5) is 74.7 Å². The molecule has 27 nitrogen and oxygen atoms in total. The molecule has 74 heavy (non-hydrogen) atoms. The van der Waals surface area contributed by atoms with E-state index in [1.165, 1.54) is 63.7 Å². The van der Waals surface area contributed by atoms with Crippen LogP contribution in [0.15, 0.2) is 130 Å². The van der Waals surface area contributed by atoms with E-state index in [2.05, 4.69) is 88.6 Å². The SMILES string of the molecule is CNc1nc(Nc2nc3ccccc3s2)nc(NCCNCCNc2nc(Nc3ccc(C)cc3)c(C#N)c(C)c2N=Nc2ncn(-c3cccc([N+](=O)[O-])c3)n2)c1N=Nc1ncn(-c2cccc([N+](=O)[O-])c2)n1. The minimum Gasteiger partial charge on any atom is -0.371 e.